The Morgan fingerprint density at radius 2 is 2.46 bits per heavy atom. The fourth-order valence-electron chi connectivity index (χ4n) is 1.76. The monoisotopic (exact) mass is 184 g/mol. The zero-order valence-electron chi connectivity index (χ0n) is 7.43. The molecule has 5 heteroatoms. The molecule has 2 heterocycles. The average molecular weight is 184 g/mol. The Labute approximate surface area is 76.4 Å². The normalized spacial score (nSPS) is 23.9. The van der Waals surface area contributed by atoms with E-state index in [1.807, 2.05) is 4.68 Å². The van der Waals surface area contributed by atoms with Crippen LogP contribution in [0, 0.1) is 0 Å². The van der Waals surface area contributed by atoms with Crippen LogP contribution in [0.1, 0.15) is 12.5 Å². The molecule has 0 spiro atoms. The molecule has 0 aromatic carbocycles. The summed E-state index contributed by atoms with van der Waals surface area (Å²) in [6.07, 6.45) is 4.31. The van der Waals surface area contributed by atoms with Gasteiger partial charge in [0.25, 0.3) is 0 Å². The fourth-order valence-corrected chi connectivity index (χ4v) is 1.76. The highest BCUT2D eigenvalue weighted by molar-refractivity contribution is 4.80. The van der Waals surface area contributed by atoms with Crippen molar-refractivity contribution in [3.63, 3.8) is 0 Å². The third-order valence-electron chi connectivity index (χ3n) is 2.46. The van der Waals surface area contributed by atoms with Gasteiger partial charge in [-0.1, -0.05) is 0 Å². The van der Waals surface area contributed by atoms with Gasteiger partial charge in [-0.3, -0.25) is 4.90 Å². The lowest BCUT2D eigenvalue weighted by Crippen LogP contribution is -2.24. The summed E-state index contributed by atoms with van der Waals surface area (Å²) in [7, 11) is 0. The van der Waals surface area contributed by atoms with Crippen molar-refractivity contribution < 1.29 is 4.39 Å². The van der Waals surface area contributed by atoms with Crippen molar-refractivity contribution in [1.82, 2.24) is 19.7 Å². The van der Waals surface area contributed by atoms with Crippen molar-refractivity contribution in [1.29, 1.82) is 0 Å². The Hall–Kier alpha value is -0.970. The molecule has 0 N–H and O–H groups in total. The molecule has 0 saturated carbocycles. The Bertz CT molecular complexity index is 249. The van der Waals surface area contributed by atoms with Gasteiger partial charge in [0, 0.05) is 19.6 Å². The number of nitrogens with zero attached hydrogens (tertiary/aromatic N) is 4. The van der Waals surface area contributed by atoms with Gasteiger partial charge in [0.05, 0.1) is 6.04 Å². The van der Waals surface area contributed by atoms with Crippen LogP contribution in [0.4, 0.5) is 4.39 Å². The first-order valence-corrected chi connectivity index (χ1v) is 4.52. The van der Waals surface area contributed by atoms with Crippen LogP contribution in [0.15, 0.2) is 12.7 Å². The lowest BCUT2D eigenvalue weighted by atomic mass is 10.3. The molecule has 1 aliphatic rings. The molecule has 0 radical (unpaired) electrons. The van der Waals surface area contributed by atoms with E-state index in [0.29, 0.717) is 12.6 Å². The second kappa shape index (κ2) is 3.83. The van der Waals surface area contributed by atoms with Gasteiger partial charge in [0.15, 0.2) is 0 Å². The second-order valence-corrected chi connectivity index (χ2v) is 3.31. The van der Waals surface area contributed by atoms with Gasteiger partial charge < -0.3 is 0 Å². The topological polar surface area (TPSA) is 34.0 Å². The van der Waals surface area contributed by atoms with Gasteiger partial charge in [0.2, 0.25) is 0 Å². The highest BCUT2D eigenvalue weighted by Gasteiger charge is 2.23. The molecule has 72 valence electrons. The quantitative estimate of drug-likeness (QED) is 0.685. The van der Waals surface area contributed by atoms with Crippen molar-refractivity contribution in [3.05, 3.63) is 12.7 Å². The largest absolute Gasteiger partial charge is 0.299 e. The van der Waals surface area contributed by atoms with Crippen LogP contribution in [0.5, 0.6) is 0 Å². The van der Waals surface area contributed by atoms with Gasteiger partial charge >= 0.3 is 0 Å². The summed E-state index contributed by atoms with van der Waals surface area (Å²) >= 11 is 0. The smallest absolute Gasteiger partial charge is 0.137 e. The first-order valence-electron chi connectivity index (χ1n) is 4.52. The van der Waals surface area contributed by atoms with Crippen molar-refractivity contribution in [3.8, 4) is 0 Å². The minimum absolute atomic E-state index is 0.260. The summed E-state index contributed by atoms with van der Waals surface area (Å²) in [5.41, 5.74) is 0. The Kier molecular flexibility index (Phi) is 2.54. The van der Waals surface area contributed by atoms with E-state index in [4.69, 9.17) is 0 Å². The van der Waals surface area contributed by atoms with E-state index < -0.39 is 0 Å². The molecule has 4 nitrogen and oxygen atoms in total. The Balaban J connectivity index is 1.91. The zero-order valence-corrected chi connectivity index (χ0v) is 7.43. The Morgan fingerprint density at radius 3 is 3.15 bits per heavy atom. The molecule has 1 saturated heterocycles. The van der Waals surface area contributed by atoms with E-state index in [2.05, 4.69) is 15.0 Å². The molecule has 1 aromatic rings. The van der Waals surface area contributed by atoms with Gasteiger partial charge in [-0.25, -0.2) is 14.1 Å². The van der Waals surface area contributed by atoms with Crippen molar-refractivity contribution in [2.45, 2.75) is 12.5 Å². The van der Waals surface area contributed by atoms with Gasteiger partial charge in [-0.05, 0) is 6.42 Å². The van der Waals surface area contributed by atoms with E-state index >= 15 is 0 Å². The van der Waals surface area contributed by atoms with Crippen LogP contribution in [0.2, 0.25) is 0 Å². The molecular formula is C8H13FN4. The summed E-state index contributed by atoms with van der Waals surface area (Å²) in [6, 6.07) is 0.383. The minimum atomic E-state index is -0.260. The molecular weight excluding hydrogens is 171 g/mol. The second-order valence-electron chi connectivity index (χ2n) is 3.31. The van der Waals surface area contributed by atoms with E-state index in [0.717, 1.165) is 19.5 Å². The Morgan fingerprint density at radius 1 is 1.54 bits per heavy atom. The molecule has 0 aliphatic carbocycles. The number of hydrogen-bond acceptors (Lipinski definition) is 3. The number of halogens is 1. The van der Waals surface area contributed by atoms with E-state index in [1.54, 1.807) is 6.33 Å². The van der Waals surface area contributed by atoms with Crippen molar-refractivity contribution >= 4 is 0 Å². The fraction of sp³-hybridized carbons (Fsp3) is 0.750. The number of alkyl halides is 1. The van der Waals surface area contributed by atoms with Gasteiger partial charge in [-0.15, -0.1) is 0 Å². The third kappa shape index (κ3) is 1.85. The maximum absolute atomic E-state index is 12.0. The molecule has 1 atom stereocenters. The van der Waals surface area contributed by atoms with Crippen LogP contribution in [0.25, 0.3) is 0 Å². The maximum Gasteiger partial charge on any atom is 0.137 e. The maximum atomic E-state index is 12.0. The summed E-state index contributed by atoms with van der Waals surface area (Å²) in [5.74, 6) is 0. The minimum Gasteiger partial charge on any atom is -0.299 e. The lowest BCUT2D eigenvalue weighted by Gasteiger charge is -2.13. The molecule has 0 bridgehead atoms. The van der Waals surface area contributed by atoms with Crippen LogP contribution < -0.4 is 0 Å². The zero-order chi connectivity index (χ0) is 9.10. The number of hydrogen-bond donors (Lipinski definition) is 0. The van der Waals surface area contributed by atoms with Gasteiger partial charge in [-0.2, -0.15) is 5.10 Å². The predicted molar refractivity (Wildman–Crippen MR) is 46.1 cm³/mol. The molecule has 13 heavy (non-hydrogen) atoms. The molecule has 2 rings (SSSR count). The highest BCUT2D eigenvalue weighted by Crippen LogP contribution is 2.19. The SMILES string of the molecule is FCCN1CCC(n2cncn2)C1. The molecule has 1 fully saturated rings. The molecule has 0 amide bonds. The van der Waals surface area contributed by atoms with E-state index in [-0.39, 0.29) is 6.67 Å². The molecule has 1 aliphatic heterocycles. The summed E-state index contributed by atoms with van der Waals surface area (Å²) in [4.78, 5) is 6.01. The lowest BCUT2D eigenvalue weighted by molar-refractivity contribution is 0.285. The number of rotatable bonds is 3. The van der Waals surface area contributed by atoms with Gasteiger partial charge in [0.1, 0.15) is 19.3 Å². The van der Waals surface area contributed by atoms with Crippen LogP contribution in [-0.4, -0.2) is 46.0 Å². The molecule has 1 aromatic heterocycles. The summed E-state index contributed by atoms with van der Waals surface area (Å²) in [6.45, 7) is 2.15. The van der Waals surface area contributed by atoms with Crippen molar-refractivity contribution in [2.75, 3.05) is 26.3 Å². The highest BCUT2D eigenvalue weighted by atomic mass is 19.1. The summed E-state index contributed by atoms with van der Waals surface area (Å²) in [5, 5.41) is 4.08. The van der Waals surface area contributed by atoms with Crippen LogP contribution in [-0.2, 0) is 0 Å². The average Bonchev–Trinajstić information content (AvgIpc) is 2.70. The summed E-state index contributed by atoms with van der Waals surface area (Å²) < 4.78 is 13.9. The van der Waals surface area contributed by atoms with Crippen LogP contribution in [0.3, 0.4) is 0 Å². The number of aromatic nitrogens is 3. The van der Waals surface area contributed by atoms with E-state index in [1.165, 1.54) is 6.33 Å². The van der Waals surface area contributed by atoms with Crippen molar-refractivity contribution in [2.24, 2.45) is 0 Å². The number of likely N-dealkylation sites (tertiary alicyclic amines) is 1. The van der Waals surface area contributed by atoms with E-state index in [9.17, 15) is 4.39 Å². The molecule has 1 unspecified atom stereocenters. The standard InChI is InChI=1S/C8H13FN4/c9-2-4-12-3-1-8(5-12)13-7-10-6-11-13/h6-8H,1-5H2. The third-order valence-corrected chi connectivity index (χ3v) is 2.46. The first kappa shape index (κ1) is 8.62. The van der Waals surface area contributed by atoms with Crippen LogP contribution >= 0.6 is 0 Å². The predicted octanol–water partition coefficient (Wildman–Crippen LogP) is 0.494. The first-order chi connectivity index (χ1) is 6.40.